The van der Waals surface area contributed by atoms with Gasteiger partial charge in [0.05, 0.1) is 13.5 Å². The predicted octanol–water partition coefficient (Wildman–Crippen LogP) is 2.77. The summed E-state index contributed by atoms with van der Waals surface area (Å²) in [6, 6.07) is 15.1. The number of aromatic nitrogens is 1. The van der Waals surface area contributed by atoms with Gasteiger partial charge in [-0.15, -0.1) is 0 Å². The van der Waals surface area contributed by atoms with Crippen molar-refractivity contribution in [2.24, 2.45) is 0 Å². The Morgan fingerprint density at radius 3 is 2.55 bits per heavy atom. The quantitative estimate of drug-likeness (QED) is 0.489. The largest absolute Gasteiger partial charge is 0.495 e. The second-order valence-electron chi connectivity index (χ2n) is 6.41. The Morgan fingerprint density at radius 2 is 1.87 bits per heavy atom. The van der Waals surface area contributed by atoms with E-state index in [1.165, 1.54) is 55.8 Å². The van der Waals surface area contributed by atoms with Gasteiger partial charge in [-0.05, 0) is 48.0 Å². The number of carboxylic acid groups (broad SMARTS) is 1. The molecule has 0 saturated heterocycles. The van der Waals surface area contributed by atoms with E-state index in [2.05, 4.69) is 15.0 Å². The normalized spacial score (nSPS) is 10.9. The van der Waals surface area contributed by atoms with Crippen LogP contribution >= 0.6 is 0 Å². The standard InChI is InChI=1S/C21H19N3O6S/c1-30-17-9-8-14(12-20(25)26)11-18(17)31(28,29)24-16-6-4-5-15(13-16)21(27)23-19-7-2-3-10-22-19/h2-11,13,24H,12H2,1H3,(H,25,26)(H,22,23,27). The van der Waals surface area contributed by atoms with Gasteiger partial charge in [-0.3, -0.25) is 14.3 Å². The lowest BCUT2D eigenvalue weighted by Crippen LogP contribution is -2.16. The van der Waals surface area contributed by atoms with E-state index in [1.807, 2.05) is 0 Å². The molecule has 1 aromatic heterocycles. The van der Waals surface area contributed by atoms with Gasteiger partial charge in [0, 0.05) is 17.4 Å². The van der Waals surface area contributed by atoms with Crippen LogP contribution in [-0.2, 0) is 21.2 Å². The minimum absolute atomic E-state index is 0.0608. The van der Waals surface area contributed by atoms with E-state index in [0.29, 0.717) is 11.4 Å². The Kier molecular flexibility index (Phi) is 6.51. The van der Waals surface area contributed by atoms with Crippen molar-refractivity contribution in [1.29, 1.82) is 0 Å². The number of carboxylic acids is 1. The van der Waals surface area contributed by atoms with Crippen molar-refractivity contribution >= 4 is 33.4 Å². The molecule has 2 aromatic carbocycles. The van der Waals surface area contributed by atoms with E-state index in [0.717, 1.165) is 0 Å². The van der Waals surface area contributed by atoms with Gasteiger partial charge in [-0.25, -0.2) is 13.4 Å². The molecule has 3 rings (SSSR count). The van der Waals surface area contributed by atoms with Crippen LogP contribution in [0.15, 0.2) is 71.8 Å². The molecule has 9 nitrogen and oxygen atoms in total. The van der Waals surface area contributed by atoms with Crippen molar-refractivity contribution in [3.05, 3.63) is 78.0 Å². The average Bonchev–Trinajstić information content (AvgIpc) is 2.74. The summed E-state index contributed by atoms with van der Waals surface area (Å²) in [5, 5.41) is 11.6. The second kappa shape index (κ2) is 9.26. The summed E-state index contributed by atoms with van der Waals surface area (Å²) in [5.74, 6) is -1.13. The maximum absolute atomic E-state index is 12.9. The summed E-state index contributed by atoms with van der Waals surface area (Å²) < 4.78 is 33.4. The monoisotopic (exact) mass is 441 g/mol. The van der Waals surface area contributed by atoms with Gasteiger partial charge < -0.3 is 15.2 Å². The van der Waals surface area contributed by atoms with Gasteiger partial charge in [0.2, 0.25) is 0 Å². The van der Waals surface area contributed by atoms with Crippen LogP contribution < -0.4 is 14.8 Å². The topological polar surface area (TPSA) is 135 Å². The Hall–Kier alpha value is -3.92. The summed E-state index contributed by atoms with van der Waals surface area (Å²) >= 11 is 0. The third-order valence-electron chi connectivity index (χ3n) is 4.16. The smallest absolute Gasteiger partial charge is 0.307 e. The fourth-order valence-electron chi connectivity index (χ4n) is 2.77. The van der Waals surface area contributed by atoms with Crippen molar-refractivity contribution in [2.45, 2.75) is 11.3 Å². The molecular formula is C21H19N3O6S. The van der Waals surface area contributed by atoms with E-state index < -0.39 is 21.9 Å². The van der Waals surface area contributed by atoms with Gasteiger partial charge in [-0.1, -0.05) is 18.2 Å². The van der Waals surface area contributed by atoms with Gasteiger partial charge in [-0.2, -0.15) is 0 Å². The van der Waals surface area contributed by atoms with Crippen LogP contribution in [0.2, 0.25) is 0 Å². The molecular weight excluding hydrogens is 422 g/mol. The molecule has 3 aromatic rings. The molecule has 31 heavy (non-hydrogen) atoms. The van der Waals surface area contributed by atoms with Crippen LogP contribution in [0, 0.1) is 0 Å². The van der Waals surface area contributed by atoms with Gasteiger partial charge in [0.1, 0.15) is 16.5 Å². The molecule has 10 heteroatoms. The molecule has 160 valence electrons. The summed E-state index contributed by atoms with van der Waals surface area (Å²) in [6.07, 6.45) is 1.20. The average molecular weight is 441 g/mol. The Morgan fingerprint density at radius 1 is 1.06 bits per heavy atom. The maximum atomic E-state index is 12.9. The van der Waals surface area contributed by atoms with Crippen LogP contribution in [0.1, 0.15) is 15.9 Å². The van der Waals surface area contributed by atoms with E-state index in [1.54, 1.807) is 18.2 Å². The molecule has 1 heterocycles. The first-order valence-electron chi connectivity index (χ1n) is 9.02. The Balaban J connectivity index is 1.86. The highest BCUT2D eigenvalue weighted by Gasteiger charge is 2.21. The van der Waals surface area contributed by atoms with Crippen molar-refractivity contribution in [3.8, 4) is 5.75 Å². The summed E-state index contributed by atoms with van der Waals surface area (Å²) in [4.78, 5) is 27.2. The molecule has 0 aliphatic carbocycles. The van der Waals surface area contributed by atoms with E-state index in [4.69, 9.17) is 9.84 Å². The number of carbonyl (C=O) groups excluding carboxylic acids is 1. The number of carbonyl (C=O) groups is 2. The zero-order chi connectivity index (χ0) is 22.4. The lowest BCUT2D eigenvalue weighted by Gasteiger charge is -2.13. The number of pyridine rings is 1. The number of methoxy groups -OCH3 is 1. The Bertz CT molecular complexity index is 1210. The first-order chi connectivity index (χ1) is 14.8. The number of hydrogen-bond donors (Lipinski definition) is 3. The highest BCUT2D eigenvalue weighted by Crippen LogP contribution is 2.27. The van der Waals surface area contributed by atoms with Gasteiger partial charge >= 0.3 is 5.97 Å². The fraction of sp³-hybridized carbons (Fsp3) is 0.0952. The highest BCUT2D eigenvalue weighted by atomic mass is 32.2. The van der Waals surface area contributed by atoms with Crippen molar-refractivity contribution in [2.75, 3.05) is 17.1 Å². The summed E-state index contributed by atoms with van der Waals surface area (Å²) in [6.45, 7) is 0. The second-order valence-corrected chi connectivity index (χ2v) is 8.06. The SMILES string of the molecule is COc1ccc(CC(=O)O)cc1S(=O)(=O)Nc1cccc(C(=O)Nc2ccccn2)c1. The van der Waals surface area contributed by atoms with Crippen molar-refractivity contribution in [1.82, 2.24) is 4.98 Å². The van der Waals surface area contributed by atoms with Gasteiger partial charge in [0.15, 0.2) is 0 Å². The van der Waals surface area contributed by atoms with E-state index in [9.17, 15) is 18.0 Å². The number of nitrogens with zero attached hydrogens (tertiary/aromatic N) is 1. The molecule has 0 fully saturated rings. The zero-order valence-electron chi connectivity index (χ0n) is 16.4. The third-order valence-corrected chi connectivity index (χ3v) is 5.56. The number of aliphatic carboxylic acids is 1. The number of ether oxygens (including phenoxy) is 1. The molecule has 0 spiro atoms. The van der Waals surface area contributed by atoms with Crippen LogP contribution in [0.4, 0.5) is 11.5 Å². The number of sulfonamides is 1. The number of nitrogens with one attached hydrogen (secondary N) is 2. The molecule has 0 saturated carbocycles. The van der Waals surface area contributed by atoms with Crippen LogP contribution in [0.3, 0.4) is 0 Å². The number of rotatable bonds is 8. The molecule has 0 bridgehead atoms. The number of benzene rings is 2. The van der Waals surface area contributed by atoms with Crippen LogP contribution in [0.25, 0.3) is 0 Å². The molecule has 0 aliphatic rings. The fourth-order valence-corrected chi connectivity index (χ4v) is 4.04. The lowest BCUT2D eigenvalue weighted by atomic mass is 10.1. The molecule has 0 radical (unpaired) electrons. The third kappa shape index (κ3) is 5.58. The van der Waals surface area contributed by atoms with Gasteiger partial charge in [0.25, 0.3) is 15.9 Å². The maximum Gasteiger partial charge on any atom is 0.307 e. The highest BCUT2D eigenvalue weighted by molar-refractivity contribution is 7.92. The molecule has 3 N–H and O–H groups in total. The van der Waals surface area contributed by atoms with Crippen LogP contribution in [-0.4, -0.2) is 37.5 Å². The number of hydrogen-bond acceptors (Lipinski definition) is 6. The first kappa shape index (κ1) is 21.8. The molecule has 0 unspecified atom stereocenters. The summed E-state index contributed by atoms with van der Waals surface area (Å²) in [7, 11) is -2.81. The first-order valence-corrected chi connectivity index (χ1v) is 10.5. The minimum atomic E-state index is -4.13. The van der Waals surface area contributed by atoms with E-state index >= 15 is 0 Å². The number of anilines is 2. The molecule has 0 aliphatic heterocycles. The van der Waals surface area contributed by atoms with Crippen molar-refractivity contribution < 1.29 is 27.9 Å². The lowest BCUT2D eigenvalue weighted by molar-refractivity contribution is -0.136. The van der Waals surface area contributed by atoms with E-state index in [-0.39, 0.29) is 28.3 Å². The predicted molar refractivity (Wildman–Crippen MR) is 114 cm³/mol. The molecule has 1 amide bonds. The Labute approximate surface area is 178 Å². The molecule has 0 atom stereocenters. The zero-order valence-corrected chi connectivity index (χ0v) is 17.2. The number of amides is 1. The minimum Gasteiger partial charge on any atom is -0.495 e. The van der Waals surface area contributed by atoms with Crippen LogP contribution in [0.5, 0.6) is 5.75 Å². The summed E-state index contributed by atoms with van der Waals surface area (Å²) in [5.41, 5.74) is 0.675. The van der Waals surface area contributed by atoms with Crippen molar-refractivity contribution in [3.63, 3.8) is 0 Å².